The van der Waals surface area contributed by atoms with Gasteiger partial charge in [-0.05, 0) is 17.5 Å². The van der Waals surface area contributed by atoms with Crippen molar-refractivity contribution in [3.8, 4) is 17.1 Å². The lowest BCUT2D eigenvalue weighted by Gasteiger charge is -2.06. The normalized spacial score (nSPS) is 10.4. The first-order valence-electron chi connectivity index (χ1n) is 6.93. The van der Waals surface area contributed by atoms with Gasteiger partial charge >= 0.3 is 11.7 Å². The molecule has 0 fully saturated rings. The van der Waals surface area contributed by atoms with Crippen LogP contribution in [-0.4, -0.2) is 28.1 Å². The molecule has 10 heteroatoms. The molecule has 0 aliphatic carbocycles. The zero-order valence-corrected chi connectivity index (χ0v) is 13.7. The number of carbonyl (C=O) groups is 1. The third-order valence-electron chi connectivity index (χ3n) is 3.18. The van der Waals surface area contributed by atoms with E-state index < -0.39 is 10.9 Å². The van der Waals surface area contributed by atoms with Crippen LogP contribution in [0.15, 0.2) is 39.5 Å². The summed E-state index contributed by atoms with van der Waals surface area (Å²) in [4.78, 5) is 26.2. The summed E-state index contributed by atoms with van der Waals surface area (Å²) >= 11 is 1.49. The zero-order chi connectivity index (χ0) is 17.8. The number of carbonyl (C=O) groups excluding carboxylic acids is 1. The highest BCUT2D eigenvalue weighted by Gasteiger charge is 2.19. The van der Waals surface area contributed by atoms with Gasteiger partial charge in [-0.15, -0.1) is 0 Å². The Morgan fingerprint density at radius 2 is 2.24 bits per heavy atom. The van der Waals surface area contributed by atoms with Crippen molar-refractivity contribution >= 4 is 23.0 Å². The molecule has 3 rings (SSSR count). The quantitative estimate of drug-likeness (QED) is 0.373. The minimum absolute atomic E-state index is 0.0943. The number of benzene rings is 1. The molecule has 0 N–H and O–H groups in total. The van der Waals surface area contributed by atoms with Crippen LogP contribution in [0.4, 0.5) is 5.69 Å². The highest BCUT2D eigenvalue weighted by atomic mass is 32.1. The average Bonchev–Trinajstić information content (AvgIpc) is 3.30. The van der Waals surface area contributed by atoms with Gasteiger partial charge in [-0.2, -0.15) is 16.3 Å². The van der Waals surface area contributed by atoms with Gasteiger partial charge in [0.15, 0.2) is 12.4 Å². The van der Waals surface area contributed by atoms with Gasteiger partial charge in [-0.3, -0.25) is 10.1 Å². The Balaban J connectivity index is 1.80. The molecule has 0 spiro atoms. The van der Waals surface area contributed by atoms with Crippen LogP contribution >= 0.6 is 11.3 Å². The third-order valence-corrected chi connectivity index (χ3v) is 3.86. The summed E-state index contributed by atoms with van der Waals surface area (Å²) in [6.45, 7) is -0.178. The van der Waals surface area contributed by atoms with Crippen molar-refractivity contribution in [2.45, 2.75) is 6.61 Å². The van der Waals surface area contributed by atoms with Crippen LogP contribution in [0.1, 0.15) is 16.2 Å². The van der Waals surface area contributed by atoms with Crippen molar-refractivity contribution < 1.29 is 23.7 Å². The first-order valence-corrected chi connectivity index (χ1v) is 7.87. The van der Waals surface area contributed by atoms with Gasteiger partial charge in [0, 0.05) is 23.1 Å². The number of rotatable bonds is 6. The second kappa shape index (κ2) is 7.09. The minimum atomic E-state index is -0.628. The largest absolute Gasteiger partial charge is 0.477 e. The van der Waals surface area contributed by atoms with E-state index in [0.717, 1.165) is 5.56 Å². The fourth-order valence-electron chi connectivity index (χ4n) is 1.99. The SMILES string of the molecule is COC(=O)c1ccc([N+](=O)[O-])c(OCc2nc(-c3ccsc3)no2)c1. The number of hydrogen-bond donors (Lipinski definition) is 0. The number of thiophene rings is 1. The molecular formula is C15H11N3O6S. The number of aromatic nitrogens is 2. The van der Waals surface area contributed by atoms with Crippen LogP contribution in [0.3, 0.4) is 0 Å². The molecule has 0 radical (unpaired) electrons. The van der Waals surface area contributed by atoms with Crippen LogP contribution in [0.2, 0.25) is 0 Å². The molecule has 0 amide bonds. The van der Waals surface area contributed by atoms with Crippen molar-refractivity contribution in [3.63, 3.8) is 0 Å². The number of ether oxygens (including phenoxy) is 2. The van der Waals surface area contributed by atoms with E-state index in [-0.39, 0.29) is 29.5 Å². The highest BCUT2D eigenvalue weighted by molar-refractivity contribution is 7.08. The number of esters is 1. The van der Waals surface area contributed by atoms with Gasteiger partial charge in [0.05, 0.1) is 17.6 Å². The van der Waals surface area contributed by atoms with E-state index in [4.69, 9.17) is 9.26 Å². The van der Waals surface area contributed by atoms with Crippen molar-refractivity contribution in [1.82, 2.24) is 10.1 Å². The first kappa shape index (κ1) is 16.6. The van der Waals surface area contributed by atoms with Crippen LogP contribution < -0.4 is 4.74 Å². The van der Waals surface area contributed by atoms with Crippen molar-refractivity contribution in [2.24, 2.45) is 0 Å². The van der Waals surface area contributed by atoms with Crippen LogP contribution in [0, 0.1) is 10.1 Å². The molecule has 0 bridgehead atoms. The van der Waals surface area contributed by atoms with E-state index in [9.17, 15) is 14.9 Å². The number of nitro benzene ring substituents is 1. The number of methoxy groups -OCH3 is 1. The lowest BCUT2D eigenvalue weighted by molar-refractivity contribution is -0.386. The molecule has 0 unspecified atom stereocenters. The fraction of sp³-hybridized carbons (Fsp3) is 0.133. The molecule has 25 heavy (non-hydrogen) atoms. The summed E-state index contributed by atoms with van der Waals surface area (Å²) in [6.07, 6.45) is 0. The van der Waals surface area contributed by atoms with Crippen LogP contribution in [0.5, 0.6) is 5.75 Å². The van der Waals surface area contributed by atoms with E-state index in [1.54, 1.807) is 0 Å². The molecular weight excluding hydrogens is 350 g/mol. The van der Waals surface area contributed by atoms with Gasteiger partial charge in [0.25, 0.3) is 5.89 Å². The Labute approximate surface area is 145 Å². The highest BCUT2D eigenvalue weighted by Crippen LogP contribution is 2.29. The molecule has 1 aromatic carbocycles. The van der Waals surface area contributed by atoms with Gasteiger partial charge in [0.1, 0.15) is 0 Å². The van der Waals surface area contributed by atoms with E-state index in [1.807, 2.05) is 16.8 Å². The number of nitrogens with zero attached hydrogens (tertiary/aromatic N) is 3. The molecule has 0 atom stereocenters. The van der Waals surface area contributed by atoms with Gasteiger partial charge in [-0.25, -0.2) is 4.79 Å². The second-order valence-electron chi connectivity index (χ2n) is 4.74. The Hall–Kier alpha value is -3.27. The Morgan fingerprint density at radius 3 is 2.92 bits per heavy atom. The summed E-state index contributed by atoms with van der Waals surface area (Å²) < 4.78 is 15.1. The minimum Gasteiger partial charge on any atom is -0.477 e. The molecule has 0 saturated heterocycles. The molecule has 9 nitrogen and oxygen atoms in total. The summed E-state index contributed by atoms with van der Waals surface area (Å²) in [7, 11) is 1.22. The monoisotopic (exact) mass is 361 g/mol. The van der Waals surface area contributed by atoms with E-state index in [0.29, 0.717) is 5.82 Å². The number of hydrogen-bond acceptors (Lipinski definition) is 9. The summed E-state index contributed by atoms with van der Waals surface area (Å²) in [6, 6.07) is 5.54. The summed E-state index contributed by atoms with van der Waals surface area (Å²) in [5.41, 5.74) is 0.650. The van der Waals surface area contributed by atoms with Crippen molar-refractivity contribution in [3.05, 3.63) is 56.6 Å². The maximum atomic E-state index is 11.6. The topological polar surface area (TPSA) is 118 Å². The van der Waals surface area contributed by atoms with E-state index in [2.05, 4.69) is 14.9 Å². The molecule has 2 heterocycles. The van der Waals surface area contributed by atoms with Gasteiger partial charge in [-0.1, -0.05) is 5.16 Å². The van der Waals surface area contributed by atoms with Crippen LogP contribution in [-0.2, 0) is 11.3 Å². The maximum Gasteiger partial charge on any atom is 0.337 e. The molecule has 3 aromatic rings. The zero-order valence-electron chi connectivity index (χ0n) is 12.9. The van der Waals surface area contributed by atoms with Gasteiger partial charge < -0.3 is 14.0 Å². The predicted octanol–water partition coefficient (Wildman–Crippen LogP) is 3.07. The smallest absolute Gasteiger partial charge is 0.337 e. The molecule has 0 saturated carbocycles. The number of nitro groups is 1. The molecule has 0 aliphatic heterocycles. The lowest BCUT2D eigenvalue weighted by Crippen LogP contribution is -2.04. The standard InChI is InChI=1S/C15H11N3O6S/c1-22-15(19)9-2-3-11(18(20)21)12(6-9)23-7-13-16-14(17-24-13)10-4-5-25-8-10/h2-6,8H,7H2,1H3. The average molecular weight is 361 g/mol. The summed E-state index contributed by atoms with van der Waals surface area (Å²) in [5.74, 6) is -0.169. The summed E-state index contributed by atoms with van der Waals surface area (Å²) in [5, 5.41) is 18.7. The Morgan fingerprint density at radius 1 is 1.40 bits per heavy atom. The fourth-order valence-corrected chi connectivity index (χ4v) is 2.62. The molecule has 128 valence electrons. The van der Waals surface area contributed by atoms with Crippen LogP contribution in [0.25, 0.3) is 11.4 Å². The molecule has 2 aromatic heterocycles. The third kappa shape index (κ3) is 3.63. The molecule has 0 aliphatic rings. The van der Waals surface area contributed by atoms with E-state index >= 15 is 0 Å². The van der Waals surface area contributed by atoms with E-state index in [1.165, 1.54) is 36.6 Å². The van der Waals surface area contributed by atoms with Crippen molar-refractivity contribution in [2.75, 3.05) is 7.11 Å². The lowest BCUT2D eigenvalue weighted by atomic mass is 10.2. The van der Waals surface area contributed by atoms with Gasteiger partial charge in [0.2, 0.25) is 5.82 Å². The predicted molar refractivity (Wildman–Crippen MR) is 86.4 cm³/mol. The Bertz CT molecular complexity index is 906. The maximum absolute atomic E-state index is 11.6. The first-order chi connectivity index (χ1) is 12.1. The van der Waals surface area contributed by atoms with Crippen molar-refractivity contribution in [1.29, 1.82) is 0 Å². The Kier molecular flexibility index (Phi) is 4.70. The second-order valence-corrected chi connectivity index (χ2v) is 5.52.